The monoisotopic (exact) mass is 537 g/mol. The minimum atomic E-state index is -0.938. The van der Waals surface area contributed by atoms with Crippen LogP contribution in [0.2, 0.25) is 0 Å². The molecule has 4 N–H and O–H groups in total. The van der Waals surface area contributed by atoms with Crippen molar-refractivity contribution in [3.05, 3.63) is 106 Å². The average molecular weight is 538 g/mol. The molecule has 0 unspecified atom stereocenters. The smallest absolute Gasteiger partial charge is 0.259 e. The summed E-state index contributed by atoms with van der Waals surface area (Å²) in [7, 11) is 0. The Morgan fingerprint density at radius 2 is 1.25 bits per heavy atom. The Hall–Kier alpha value is -4.16. The van der Waals surface area contributed by atoms with Gasteiger partial charge in [0, 0.05) is 12.3 Å². The number of nitrogens with zero attached hydrogens (tertiary/aromatic N) is 1. The molecule has 6 nitrogen and oxygen atoms in total. The molecule has 0 aliphatic carbocycles. The van der Waals surface area contributed by atoms with Crippen molar-refractivity contribution < 1.29 is 19.8 Å². The third-order valence-electron chi connectivity index (χ3n) is 7.62. The molecule has 0 aliphatic rings. The second-order valence-electron chi connectivity index (χ2n) is 10.9. The maximum atomic E-state index is 13.9. The van der Waals surface area contributed by atoms with Gasteiger partial charge >= 0.3 is 0 Å². The van der Waals surface area contributed by atoms with Crippen molar-refractivity contribution in [2.45, 2.75) is 65.5 Å². The number of hydrogen-bond donors (Lipinski definition) is 3. The van der Waals surface area contributed by atoms with Gasteiger partial charge < -0.3 is 15.9 Å². The molecule has 1 amide bonds. The fourth-order valence-electron chi connectivity index (χ4n) is 5.28. The van der Waals surface area contributed by atoms with Crippen LogP contribution < -0.4 is 11.1 Å². The van der Waals surface area contributed by atoms with Crippen molar-refractivity contribution in [1.29, 1.82) is 0 Å². The van der Waals surface area contributed by atoms with Crippen molar-refractivity contribution in [3.8, 4) is 11.5 Å². The topological polar surface area (TPSA) is 115 Å². The molecule has 207 valence electrons. The molecule has 0 bridgehead atoms. The fraction of sp³-hybridized carbons (Fsp3) is 0.294. The second-order valence-corrected chi connectivity index (χ2v) is 10.9. The minimum Gasteiger partial charge on any atom is -0.507 e. The van der Waals surface area contributed by atoms with E-state index in [0.717, 1.165) is 27.5 Å². The largest absolute Gasteiger partial charge is 0.507 e. The third kappa shape index (κ3) is 6.35. The Morgan fingerprint density at radius 1 is 0.750 bits per heavy atom. The lowest BCUT2D eigenvalue weighted by Gasteiger charge is -2.22. The van der Waals surface area contributed by atoms with Gasteiger partial charge in [-0.3, -0.25) is 9.59 Å². The van der Waals surface area contributed by atoms with Crippen molar-refractivity contribution in [2.75, 3.05) is 0 Å². The van der Waals surface area contributed by atoms with Gasteiger partial charge in [0.05, 0.1) is 6.04 Å². The molecule has 4 aromatic rings. The summed E-state index contributed by atoms with van der Waals surface area (Å²) in [4.78, 5) is 27.2. The molecular weight excluding hydrogens is 500 g/mol. The number of hydrogen-bond acceptors (Lipinski definition) is 5. The maximum absolute atomic E-state index is 13.9. The van der Waals surface area contributed by atoms with Crippen LogP contribution in [-0.2, 0) is 22.4 Å². The number of fused-ring (bicyclic) bond motifs is 1. The molecule has 0 aliphatic heterocycles. The number of carbonyl (C=O) groups is 2. The number of aromatic hydroxyl groups is 2. The third-order valence-corrected chi connectivity index (χ3v) is 7.62. The standard InChI is InChI=1S/C34H37N2O4/c1-19-12-24(13-20(2)31(19)37)16-29(35)34(40)36-30(17-25-14-21(3)32(38)22(4)15-25)33(39)23(5)27-11-10-26-8-6-7-9-28(26)18-27/h6-15,18,23,29-30,37-38H,16-17,35H2,1-5H3/t23-,29+,30+/m1/s1. The molecule has 6 heteroatoms. The lowest BCUT2D eigenvalue weighted by Crippen LogP contribution is -2.46. The summed E-state index contributed by atoms with van der Waals surface area (Å²) < 4.78 is 0. The van der Waals surface area contributed by atoms with Crippen molar-refractivity contribution in [2.24, 2.45) is 5.73 Å². The van der Waals surface area contributed by atoms with Gasteiger partial charge in [0.15, 0.2) is 5.78 Å². The Morgan fingerprint density at radius 3 is 1.80 bits per heavy atom. The van der Waals surface area contributed by atoms with Gasteiger partial charge in [0.25, 0.3) is 5.91 Å². The molecule has 0 saturated heterocycles. The van der Waals surface area contributed by atoms with E-state index in [9.17, 15) is 19.8 Å². The quantitative estimate of drug-likeness (QED) is 0.262. The Labute approximate surface area is 235 Å². The van der Waals surface area contributed by atoms with Gasteiger partial charge in [-0.1, -0.05) is 73.7 Å². The number of ketones is 1. The zero-order valence-electron chi connectivity index (χ0n) is 23.7. The van der Waals surface area contributed by atoms with E-state index in [2.05, 4.69) is 5.32 Å². The summed E-state index contributed by atoms with van der Waals surface area (Å²) in [6, 6.07) is 19.3. The number of phenolic OH excluding ortho intramolecular Hbond substituents is 2. The molecule has 0 fully saturated rings. The Balaban J connectivity index is 1.60. The summed E-state index contributed by atoms with van der Waals surface area (Å²) in [6.45, 7) is 9.05. The highest BCUT2D eigenvalue weighted by atomic mass is 16.3. The predicted octanol–water partition coefficient (Wildman–Crippen LogP) is 5.47. The summed E-state index contributed by atoms with van der Waals surface area (Å²) in [5.41, 5.74) is 11.6. The summed E-state index contributed by atoms with van der Waals surface area (Å²) in [6.07, 6.45) is 0.456. The Kier molecular flexibility index (Phi) is 8.60. The number of rotatable bonds is 9. The summed E-state index contributed by atoms with van der Waals surface area (Å²) in [5, 5.41) is 26.8. The van der Waals surface area contributed by atoms with Crippen LogP contribution in [0.1, 0.15) is 51.8 Å². The first-order valence-electron chi connectivity index (χ1n) is 13.6. The van der Waals surface area contributed by atoms with Crippen LogP contribution in [0, 0.1) is 27.7 Å². The van der Waals surface area contributed by atoms with Crippen LogP contribution >= 0.6 is 0 Å². The van der Waals surface area contributed by atoms with Gasteiger partial charge in [-0.25, -0.2) is 5.32 Å². The summed E-state index contributed by atoms with van der Waals surface area (Å²) in [5.74, 6) is -0.772. The zero-order valence-corrected chi connectivity index (χ0v) is 23.7. The minimum absolute atomic E-state index is 0.171. The maximum Gasteiger partial charge on any atom is 0.259 e. The molecule has 4 aromatic carbocycles. The van der Waals surface area contributed by atoms with Crippen LogP contribution in [0.3, 0.4) is 0 Å². The Bertz CT molecular complexity index is 1530. The van der Waals surface area contributed by atoms with Gasteiger partial charge in [-0.05, 0) is 83.8 Å². The van der Waals surface area contributed by atoms with Gasteiger partial charge in [-0.15, -0.1) is 0 Å². The van der Waals surface area contributed by atoms with Crippen molar-refractivity contribution in [3.63, 3.8) is 0 Å². The number of aryl methyl sites for hydroxylation is 4. The van der Waals surface area contributed by atoms with Crippen LogP contribution in [-0.4, -0.2) is 34.0 Å². The first-order chi connectivity index (χ1) is 18.9. The molecule has 1 radical (unpaired) electrons. The van der Waals surface area contributed by atoms with E-state index in [0.29, 0.717) is 22.3 Å². The highest BCUT2D eigenvalue weighted by Crippen LogP contribution is 2.27. The molecule has 0 saturated carbocycles. The normalized spacial score (nSPS) is 13.6. The van der Waals surface area contributed by atoms with E-state index >= 15 is 0 Å². The van der Waals surface area contributed by atoms with Crippen LogP contribution in [0.4, 0.5) is 0 Å². The number of benzene rings is 4. The van der Waals surface area contributed by atoms with Crippen LogP contribution in [0.5, 0.6) is 11.5 Å². The molecule has 0 heterocycles. The van der Waals surface area contributed by atoms with E-state index in [1.165, 1.54) is 0 Å². The fourth-order valence-corrected chi connectivity index (χ4v) is 5.28. The number of amides is 1. The molecule has 0 spiro atoms. The predicted molar refractivity (Wildman–Crippen MR) is 159 cm³/mol. The first-order valence-corrected chi connectivity index (χ1v) is 13.6. The number of phenols is 2. The molecule has 40 heavy (non-hydrogen) atoms. The van der Waals surface area contributed by atoms with Gasteiger partial charge in [0.1, 0.15) is 17.5 Å². The molecular formula is C34H37N2O4. The van der Waals surface area contributed by atoms with Crippen molar-refractivity contribution in [1.82, 2.24) is 5.32 Å². The highest BCUT2D eigenvalue weighted by Gasteiger charge is 2.30. The SMILES string of the molecule is Cc1cc(C[C@H]([N]C(=O)[C@@H](N)Cc2cc(C)c(O)c(C)c2)C(=O)[C@H](C)c2ccc3ccccc3c2)cc(C)c1O. The van der Waals surface area contributed by atoms with E-state index in [4.69, 9.17) is 5.73 Å². The van der Waals surface area contributed by atoms with Gasteiger partial charge in [0.2, 0.25) is 0 Å². The second kappa shape index (κ2) is 11.9. The van der Waals surface area contributed by atoms with Crippen LogP contribution in [0.15, 0.2) is 66.7 Å². The lowest BCUT2D eigenvalue weighted by molar-refractivity contribution is -0.129. The van der Waals surface area contributed by atoms with Crippen LogP contribution in [0.25, 0.3) is 10.8 Å². The first kappa shape index (κ1) is 28.8. The van der Waals surface area contributed by atoms with E-state index in [1.807, 2.05) is 73.7 Å². The highest BCUT2D eigenvalue weighted by molar-refractivity contribution is 5.95. The number of nitrogens with two attached hydrogens (primary N) is 1. The van der Waals surface area contributed by atoms with Gasteiger partial charge in [-0.2, -0.15) is 0 Å². The molecule has 3 atom stereocenters. The average Bonchev–Trinajstić information content (AvgIpc) is 2.93. The number of Topliss-reactive ketones (excluding diaryl/α,β-unsaturated/α-hetero) is 1. The van der Waals surface area contributed by atoms with E-state index < -0.39 is 23.9 Å². The number of carbonyl (C=O) groups excluding carboxylic acids is 2. The van der Waals surface area contributed by atoms with E-state index in [-0.39, 0.29) is 30.1 Å². The summed E-state index contributed by atoms with van der Waals surface area (Å²) >= 11 is 0. The molecule has 0 aromatic heterocycles. The lowest BCUT2D eigenvalue weighted by atomic mass is 9.87. The van der Waals surface area contributed by atoms with E-state index in [1.54, 1.807) is 27.7 Å². The zero-order chi connectivity index (χ0) is 29.1. The molecule has 4 rings (SSSR count). The van der Waals surface area contributed by atoms with Crippen molar-refractivity contribution >= 4 is 22.5 Å².